The summed E-state index contributed by atoms with van der Waals surface area (Å²) in [5, 5.41) is -0.129. The van der Waals surface area contributed by atoms with E-state index >= 15 is 0 Å². The number of benzene rings is 2. The fourth-order valence-electron chi connectivity index (χ4n) is 3.19. The van der Waals surface area contributed by atoms with Crippen LogP contribution < -0.4 is 0 Å². The van der Waals surface area contributed by atoms with Gasteiger partial charge in [-0.05, 0) is 17.5 Å². The molecule has 2 rings (SSSR count). The highest BCUT2D eigenvalue weighted by Gasteiger charge is 2.38. The van der Waals surface area contributed by atoms with Gasteiger partial charge in [0.15, 0.2) is 0 Å². The summed E-state index contributed by atoms with van der Waals surface area (Å²) in [6.45, 7) is 2.25. The van der Waals surface area contributed by atoms with Crippen LogP contribution in [-0.4, -0.2) is 5.38 Å². The number of hydrogen-bond acceptors (Lipinski definition) is 0. The van der Waals surface area contributed by atoms with Crippen molar-refractivity contribution in [2.75, 3.05) is 0 Å². The number of hydrogen-bond donors (Lipinski definition) is 0. The highest BCUT2D eigenvalue weighted by molar-refractivity contribution is 6.34. The first kappa shape index (κ1) is 19.3. The first-order valence-corrected chi connectivity index (χ1v) is 9.95. The lowest BCUT2D eigenvalue weighted by molar-refractivity contribution is 0.544. The normalized spacial score (nSPS) is 13.0. The minimum Gasteiger partial charge on any atom is -0.120 e. The van der Waals surface area contributed by atoms with Gasteiger partial charge in [-0.15, -0.1) is 23.2 Å². The van der Waals surface area contributed by atoms with Gasteiger partial charge in [0.2, 0.25) is 0 Å². The molecule has 1 unspecified atom stereocenters. The van der Waals surface area contributed by atoms with Gasteiger partial charge in [-0.3, -0.25) is 0 Å². The van der Waals surface area contributed by atoms with Gasteiger partial charge < -0.3 is 0 Å². The Morgan fingerprint density at radius 3 is 1.71 bits per heavy atom. The molecule has 2 heteroatoms. The molecule has 24 heavy (non-hydrogen) atoms. The van der Waals surface area contributed by atoms with E-state index in [1.807, 2.05) is 36.4 Å². The maximum atomic E-state index is 7.17. The Morgan fingerprint density at radius 1 is 0.750 bits per heavy atom. The summed E-state index contributed by atoms with van der Waals surface area (Å²) in [6.07, 6.45) is 8.53. The van der Waals surface area contributed by atoms with Crippen LogP contribution in [0.15, 0.2) is 60.7 Å². The third-order valence-electron chi connectivity index (χ3n) is 4.63. The summed E-state index contributed by atoms with van der Waals surface area (Å²) in [7, 11) is 0. The molecule has 0 aliphatic heterocycles. The van der Waals surface area contributed by atoms with Crippen LogP contribution in [0.25, 0.3) is 0 Å². The fourth-order valence-corrected chi connectivity index (χ4v) is 3.96. The van der Waals surface area contributed by atoms with Crippen LogP contribution in [0.2, 0.25) is 0 Å². The van der Waals surface area contributed by atoms with Gasteiger partial charge in [-0.25, -0.2) is 0 Å². The Labute approximate surface area is 157 Å². The van der Waals surface area contributed by atoms with Gasteiger partial charge >= 0.3 is 0 Å². The molecule has 0 nitrogen and oxygen atoms in total. The van der Waals surface area contributed by atoms with Gasteiger partial charge in [-0.2, -0.15) is 0 Å². The number of rotatable bonds is 10. The van der Waals surface area contributed by atoms with Crippen molar-refractivity contribution in [2.24, 2.45) is 0 Å². The second-order valence-electron chi connectivity index (χ2n) is 6.47. The monoisotopic (exact) mass is 362 g/mol. The van der Waals surface area contributed by atoms with E-state index in [4.69, 9.17) is 23.2 Å². The molecular formula is C22H28Cl2. The summed E-state index contributed by atoms with van der Waals surface area (Å²) in [5.74, 6) is 0. The minimum absolute atomic E-state index is 0.129. The summed E-state index contributed by atoms with van der Waals surface area (Å²) in [5.41, 5.74) is 2.15. The Balaban J connectivity index is 2.09. The van der Waals surface area contributed by atoms with Gasteiger partial charge in [0, 0.05) is 0 Å². The van der Waals surface area contributed by atoms with Crippen LogP contribution in [0, 0.1) is 0 Å². The molecule has 0 aliphatic carbocycles. The molecule has 0 N–H and O–H groups in total. The molecule has 0 radical (unpaired) electrons. The van der Waals surface area contributed by atoms with Gasteiger partial charge in [0.1, 0.15) is 4.87 Å². The standard InChI is InChI=1S/C22H28Cl2/c1-2-3-4-5-6-13-18-21(23)22(24,19-14-9-7-10-15-19)20-16-11-8-12-17-20/h7-12,14-17,21H,2-6,13,18H2,1H3. The number of unbranched alkanes of at least 4 members (excludes halogenated alkanes) is 5. The molecule has 2 aromatic carbocycles. The molecule has 0 bridgehead atoms. The lowest BCUT2D eigenvalue weighted by atomic mass is 9.85. The second kappa shape index (κ2) is 10.1. The Kier molecular flexibility index (Phi) is 8.15. The molecule has 0 saturated carbocycles. The highest BCUT2D eigenvalue weighted by Crippen LogP contribution is 2.44. The van der Waals surface area contributed by atoms with E-state index in [9.17, 15) is 0 Å². The molecule has 0 aliphatic rings. The predicted octanol–water partition coefficient (Wildman–Crippen LogP) is 7.53. The van der Waals surface area contributed by atoms with E-state index in [0.29, 0.717) is 0 Å². The van der Waals surface area contributed by atoms with E-state index in [-0.39, 0.29) is 5.38 Å². The van der Waals surface area contributed by atoms with Crippen LogP contribution in [0.5, 0.6) is 0 Å². The van der Waals surface area contributed by atoms with Crippen molar-refractivity contribution >= 4 is 23.2 Å². The fraction of sp³-hybridized carbons (Fsp3) is 0.455. The van der Waals surface area contributed by atoms with Crippen molar-refractivity contribution < 1.29 is 0 Å². The molecule has 0 fully saturated rings. The third kappa shape index (κ3) is 5.01. The molecule has 0 heterocycles. The van der Waals surface area contributed by atoms with Crippen molar-refractivity contribution in [3.05, 3.63) is 71.8 Å². The zero-order valence-corrected chi connectivity index (χ0v) is 16.1. The zero-order valence-electron chi connectivity index (χ0n) is 14.6. The molecule has 2 aromatic rings. The summed E-state index contributed by atoms with van der Waals surface area (Å²) in [6, 6.07) is 20.5. The number of halogens is 2. The largest absolute Gasteiger partial charge is 0.120 e. The zero-order chi connectivity index (χ0) is 17.3. The Morgan fingerprint density at radius 2 is 1.21 bits per heavy atom. The molecule has 0 saturated heterocycles. The maximum Gasteiger partial charge on any atom is 0.111 e. The summed E-state index contributed by atoms with van der Waals surface area (Å²) >= 11 is 14.0. The molecule has 1 atom stereocenters. The average molecular weight is 363 g/mol. The van der Waals surface area contributed by atoms with Gasteiger partial charge in [0.25, 0.3) is 0 Å². The lowest BCUT2D eigenvalue weighted by Gasteiger charge is -2.33. The topological polar surface area (TPSA) is 0 Å². The van der Waals surface area contributed by atoms with E-state index in [1.54, 1.807) is 0 Å². The smallest absolute Gasteiger partial charge is 0.111 e. The van der Waals surface area contributed by atoms with Crippen molar-refractivity contribution in [2.45, 2.75) is 62.1 Å². The highest BCUT2D eigenvalue weighted by atomic mass is 35.5. The van der Waals surface area contributed by atoms with Gasteiger partial charge in [-0.1, -0.05) is 106 Å². The predicted molar refractivity (Wildman–Crippen MR) is 107 cm³/mol. The summed E-state index contributed by atoms with van der Waals surface area (Å²) in [4.78, 5) is -0.673. The van der Waals surface area contributed by atoms with Crippen LogP contribution >= 0.6 is 23.2 Å². The average Bonchev–Trinajstić information content (AvgIpc) is 2.65. The van der Waals surface area contributed by atoms with E-state index in [0.717, 1.165) is 24.0 Å². The van der Waals surface area contributed by atoms with Crippen molar-refractivity contribution in [1.82, 2.24) is 0 Å². The Hall–Kier alpha value is -0.980. The van der Waals surface area contributed by atoms with E-state index < -0.39 is 4.87 Å². The minimum atomic E-state index is -0.673. The third-order valence-corrected chi connectivity index (χ3v) is 5.99. The van der Waals surface area contributed by atoms with Crippen LogP contribution in [0.1, 0.15) is 63.0 Å². The lowest BCUT2D eigenvalue weighted by Crippen LogP contribution is -2.31. The molecule has 0 spiro atoms. The molecule has 0 amide bonds. The van der Waals surface area contributed by atoms with E-state index in [2.05, 4.69) is 31.2 Å². The van der Waals surface area contributed by atoms with Crippen molar-refractivity contribution in [3.63, 3.8) is 0 Å². The Bertz CT molecular complexity index is 526. The van der Waals surface area contributed by atoms with Crippen molar-refractivity contribution in [3.8, 4) is 0 Å². The second-order valence-corrected chi connectivity index (χ2v) is 7.59. The number of alkyl halides is 2. The van der Waals surface area contributed by atoms with Crippen molar-refractivity contribution in [1.29, 1.82) is 0 Å². The SMILES string of the molecule is CCCCCCCCC(Cl)C(Cl)(c1ccccc1)c1ccccc1. The van der Waals surface area contributed by atoms with Crippen LogP contribution in [0.4, 0.5) is 0 Å². The van der Waals surface area contributed by atoms with Crippen LogP contribution in [-0.2, 0) is 4.87 Å². The van der Waals surface area contributed by atoms with Crippen LogP contribution in [0.3, 0.4) is 0 Å². The molecular weight excluding hydrogens is 335 g/mol. The first-order chi connectivity index (χ1) is 11.7. The van der Waals surface area contributed by atoms with Gasteiger partial charge in [0.05, 0.1) is 5.38 Å². The molecule has 0 aromatic heterocycles. The maximum absolute atomic E-state index is 7.17. The summed E-state index contributed by atoms with van der Waals surface area (Å²) < 4.78 is 0. The molecule has 130 valence electrons. The first-order valence-electron chi connectivity index (χ1n) is 9.13. The van der Waals surface area contributed by atoms with E-state index in [1.165, 1.54) is 32.1 Å². The quantitative estimate of drug-likeness (QED) is 0.302.